The first-order valence-corrected chi connectivity index (χ1v) is 5.05. The molecule has 0 spiro atoms. The molecule has 0 radical (unpaired) electrons. The molecule has 1 nitrogen and oxygen atoms in total. The molecule has 0 saturated heterocycles. The van der Waals surface area contributed by atoms with Crippen molar-refractivity contribution < 1.29 is 8.78 Å². The third-order valence-corrected chi connectivity index (χ3v) is 3.38. The number of hydrogen-bond acceptors (Lipinski definition) is 1. The van der Waals surface area contributed by atoms with E-state index in [2.05, 4.69) is 0 Å². The van der Waals surface area contributed by atoms with E-state index in [-0.39, 0.29) is 3.57 Å². The molecule has 1 saturated carbocycles. The SMILES string of the molecule is NC1(c2cc(F)c(I)c(F)c2)CC1. The number of halogens is 3. The molecule has 0 aromatic heterocycles. The smallest absolute Gasteiger partial charge is 0.139 e. The van der Waals surface area contributed by atoms with Crippen LogP contribution in [0.2, 0.25) is 0 Å². The van der Waals surface area contributed by atoms with Crippen molar-refractivity contribution in [2.24, 2.45) is 5.73 Å². The molecule has 1 aliphatic rings. The molecule has 1 aromatic rings. The minimum Gasteiger partial charge on any atom is -0.321 e. The molecular weight excluding hydrogens is 287 g/mol. The van der Waals surface area contributed by atoms with Gasteiger partial charge in [-0.15, -0.1) is 0 Å². The quantitative estimate of drug-likeness (QED) is 0.625. The fourth-order valence-corrected chi connectivity index (χ4v) is 1.58. The fraction of sp³-hybridized carbons (Fsp3) is 0.333. The summed E-state index contributed by atoms with van der Waals surface area (Å²) < 4.78 is 26.2. The Kier molecular flexibility index (Phi) is 2.07. The molecule has 2 rings (SSSR count). The van der Waals surface area contributed by atoms with Crippen LogP contribution in [0, 0.1) is 15.2 Å². The topological polar surface area (TPSA) is 26.0 Å². The highest BCUT2D eigenvalue weighted by atomic mass is 127. The monoisotopic (exact) mass is 295 g/mol. The Balaban J connectivity index is 2.50. The predicted molar refractivity (Wildman–Crippen MR) is 54.2 cm³/mol. The summed E-state index contributed by atoms with van der Waals surface area (Å²) >= 11 is 1.64. The summed E-state index contributed by atoms with van der Waals surface area (Å²) in [5.41, 5.74) is 5.93. The zero-order valence-electron chi connectivity index (χ0n) is 6.78. The van der Waals surface area contributed by atoms with E-state index < -0.39 is 17.2 Å². The summed E-state index contributed by atoms with van der Waals surface area (Å²) in [5, 5.41) is 0. The van der Waals surface area contributed by atoms with E-state index in [9.17, 15) is 8.78 Å². The van der Waals surface area contributed by atoms with Gasteiger partial charge in [0.05, 0.1) is 3.57 Å². The molecule has 4 heteroatoms. The molecule has 0 atom stereocenters. The van der Waals surface area contributed by atoms with Crippen LogP contribution in [-0.2, 0) is 5.54 Å². The zero-order valence-corrected chi connectivity index (χ0v) is 8.94. The summed E-state index contributed by atoms with van der Waals surface area (Å²) in [6, 6.07) is 2.66. The Labute approximate surface area is 88.5 Å². The van der Waals surface area contributed by atoms with Gasteiger partial charge in [-0.1, -0.05) is 0 Å². The van der Waals surface area contributed by atoms with Gasteiger partial charge in [0.2, 0.25) is 0 Å². The number of nitrogens with two attached hydrogens (primary N) is 1. The zero-order chi connectivity index (χ0) is 9.64. The van der Waals surface area contributed by atoms with E-state index in [1.807, 2.05) is 0 Å². The van der Waals surface area contributed by atoms with Crippen LogP contribution < -0.4 is 5.73 Å². The fourth-order valence-electron chi connectivity index (χ4n) is 1.27. The number of rotatable bonds is 1. The number of hydrogen-bond donors (Lipinski definition) is 1. The summed E-state index contributed by atoms with van der Waals surface area (Å²) in [4.78, 5) is 0. The van der Waals surface area contributed by atoms with Crippen molar-refractivity contribution in [3.05, 3.63) is 32.9 Å². The summed E-state index contributed by atoms with van der Waals surface area (Å²) in [6.45, 7) is 0. The van der Waals surface area contributed by atoms with Gasteiger partial charge in [-0.25, -0.2) is 8.78 Å². The lowest BCUT2D eigenvalue weighted by molar-refractivity contribution is 0.560. The van der Waals surface area contributed by atoms with E-state index in [1.54, 1.807) is 22.6 Å². The van der Waals surface area contributed by atoms with E-state index in [0.29, 0.717) is 5.56 Å². The van der Waals surface area contributed by atoms with Crippen LogP contribution in [0.15, 0.2) is 12.1 Å². The molecule has 13 heavy (non-hydrogen) atoms. The lowest BCUT2D eigenvalue weighted by Gasteiger charge is -2.09. The van der Waals surface area contributed by atoms with Crippen LogP contribution in [0.25, 0.3) is 0 Å². The second kappa shape index (κ2) is 2.88. The molecule has 2 N–H and O–H groups in total. The van der Waals surface area contributed by atoms with Gasteiger partial charge < -0.3 is 5.73 Å². The average Bonchev–Trinajstić information content (AvgIpc) is 2.80. The molecule has 0 heterocycles. The minimum absolute atomic E-state index is 0.0330. The van der Waals surface area contributed by atoms with E-state index in [4.69, 9.17) is 5.73 Å². The molecule has 70 valence electrons. The van der Waals surface area contributed by atoms with Gasteiger partial charge in [-0.2, -0.15) is 0 Å². The Morgan fingerprint density at radius 2 is 1.69 bits per heavy atom. The van der Waals surface area contributed by atoms with E-state index in [0.717, 1.165) is 12.8 Å². The maximum absolute atomic E-state index is 13.1. The Hall–Kier alpha value is -0.230. The molecule has 1 aliphatic carbocycles. The Bertz CT molecular complexity index is 338. The molecule has 1 fully saturated rings. The van der Waals surface area contributed by atoms with Crippen molar-refractivity contribution in [3.8, 4) is 0 Å². The summed E-state index contributed by atoms with van der Waals surface area (Å²) in [6.07, 6.45) is 1.62. The first-order chi connectivity index (χ1) is 6.03. The molecular formula is C9H8F2IN. The maximum atomic E-state index is 13.1. The lowest BCUT2D eigenvalue weighted by Crippen LogP contribution is -2.19. The highest BCUT2D eigenvalue weighted by Gasteiger charge is 2.40. The second-order valence-electron chi connectivity index (χ2n) is 3.41. The normalized spacial score (nSPS) is 18.8. The average molecular weight is 295 g/mol. The van der Waals surface area contributed by atoms with Crippen LogP contribution in [0.3, 0.4) is 0 Å². The largest absolute Gasteiger partial charge is 0.321 e. The van der Waals surface area contributed by atoms with Crippen LogP contribution in [0.1, 0.15) is 18.4 Å². The first kappa shape index (κ1) is 9.33. The van der Waals surface area contributed by atoms with Crippen LogP contribution in [0.4, 0.5) is 8.78 Å². The predicted octanol–water partition coefficient (Wildman–Crippen LogP) is 2.52. The first-order valence-electron chi connectivity index (χ1n) is 3.97. The molecule has 0 unspecified atom stereocenters. The lowest BCUT2D eigenvalue weighted by atomic mass is 10.1. The van der Waals surface area contributed by atoms with Crippen LogP contribution >= 0.6 is 22.6 Å². The van der Waals surface area contributed by atoms with Crippen molar-refractivity contribution in [1.29, 1.82) is 0 Å². The molecule has 0 aliphatic heterocycles. The van der Waals surface area contributed by atoms with Crippen molar-refractivity contribution in [3.63, 3.8) is 0 Å². The molecule has 0 bridgehead atoms. The molecule has 0 amide bonds. The van der Waals surface area contributed by atoms with Gasteiger partial charge >= 0.3 is 0 Å². The highest BCUT2D eigenvalue weighted by molar-refractivity contribution is 14.1. The van der Waals surface area contributed by atoms with Gasteiger partial charge in [0.25, 0.3) is 0 Å². The molecule has 1 aromatic carbocycles. The number of benzene rings is 1. The van der Waals surface area contributed by atoms with E-state index >= 15 is 0 Å². The standard InChI is InChI=1S/C9H8F2IN/c10-6-3-5(9(13)1-2-9)4-7(11)8(6)12/h3-4H,1-2,13H2. The maximum Gasteiger partial charge on any atom is 0.139 e. The van der Waals surface area contributed by atoms with Crippen molar-refractivity contribution in [1.82, 2.24) is 0 Å². The van der Waals surface area contributed by atoms with Gasteiger partial charge in [0.1, 0.15) is 11.6 Å². The van der Waals surface area contributed by atoms with Gasteiger partial charge in [0.15, 0.2) is 0 Å². The second-order valence-corrected chi connectivity index (χ2v) is 4.49. The highest BCUT2D eigenvalue weighted by Crippen LogP contribution is 2.43. The summed E-state index contributed by atoms with van der Waals surface area (Å²) in [5.74, 6) is -1.04. The van der Waals surface area contributed by atoms with Gasteiger partial charge in [-0.3, -0.25) is 0 Å². The van der Waals surface area contributed by atoms with Crippen molar-refractivity contribution in [2.45, 2.75) is 18.4 Å². The van der Waals surface area contributed by atoms with Gasteiger partial charge in [-0.05, 0) is 53.1 Å². The Morgan fingerprint density at radius 1 is 1.23 bits per heavy atom. The third-order valence-electron chi connectivity index (χ3n) is 2.35. The van der Waals surface area contributed by atoms with Crippen LogP contribution in [-0.4, -0.2) is 0 Å². The van der Waals surface area contributed by atoms with Crippen LogP contribution in [0.5, 0.6) is 0 Å². The third kappa shape index (κ3) is 1.57. The van der Waals surface area contributed by atoms with Crippen molar-refractivity contribution in [2.75, 3.05) is 0 Å². The summed E-state index contributed by atoms with van der Waals surface area (Å²) in [7, 11) is 0. The van der Waals surface area contributed by atoms with Crippen molar-refractivity contribution >= 4 is 22.6 Å². The minimum atomic E-state index is -0.521. The van der Waals surface area contributed by atoms with Gasteiger partial charge in [0, 0.05) is 5.54 Å². The Morgan fingerprint density at radius 3 is 2.08 bits per heavy atom. The van der Waals surface area contributed by atoms with E-state index in [1.165, 1.54) is 12.1 Å².